The van der Waals surface area contributed by atoms with Crippen molar-refractivity contribution in [2.24, 2.45) is 5.73 Å². The third kappa shape index (κ3) is 49.4. The lowest BCUT2D eigenvalue weighted by Gasteiger charge is -2.20. The monoisotopic (exact) mass is 936 g/mol. The van der Waals surface area contributed by atoms with Crippen molar-refractivity contribution >= 4 is 19.8 Å². The minimum absolute atomic E-state index is 0.0108. The molecule has 65 heavy (non-hydrogen) atoms. The number of rotatable bonds is 50. The van der Waals surface area contributed by atoms with Crippen LogP contribution in [0.4, 0.5) is 0 Å². The molecule has 378 valence electrons. The summed E-state index contributed by atoms with van der Waals surface area (Å²) < 4.78 is 33.5. The van der Waals surface area contributed by atoms with E-state index in [0.29, 0.717) is 13.0 Å². The van der Waals surface area contributed by atoms with E-state index in [0.717, 1.165) is 70.6 Å². The lowest BCUT2D eigenvalue weighted by molar-refractivity contribution is -0.154. The lowest BCUT2D eigenvalue weighted by atomic mass is 10.1. The number of phosphoric acid groups is 1. The molecule has 0 spiro atoms. The van der Waals surface area contributed by atoms with Crippen LogP contribution in [-0.2, 0) is 32.7 Å². The number of carbonyl (C=O) groups is 2. The number of hydrogen-bond donors (Lipinski definition) is 3. The summed E-state index contributed by atoms with van der Waals surface area (Å²) in [5.74, 6) is -1.78. The average Bonchev–Trinajstić information content (AvgIpc) is 3.29. The van der Waals surface area contributed by atoms with E-state index < -0.39 is 45.1 Å². The maximum Gasteiger partial charge on any atom is 0.472 e. The van der Waals surface area contributed by atoms with Gasteiger partial charge in [0.05, 0.1) is 19.8 Å². The minimum Gasteiger partial charge on any atom is -0.480 e. The molecule has 0 heterocycles. The van der Waals surface area contributed by atoms with Gasteiger partial charge >= 0.3 is 19.8 Å². The minimum atomic E-state index is -4.63. The van der Waals surface area contributed by atoms with Crippen molar-refractivity contribution in [3.8, 4) is 0 Å². The van der Waals surface area contributed by atoms with Crippen LogP contribution < -0.4 is 5.73 Å². The van der Waals surface area contributed by atoms with Crippen molar-refractivity contribution in [2.75, 3.05) is 26.4 Å². The number of hydrogen-bond acceptors (Lipinski definition) is 8. The van der Waals surface area contributed by atoms with Gasteiger partial charge in [-0.25, -0.2) is 4.57 Å². The SMILES string of the molecule is CC/C=C\C/C=C\C/C=C\C/C=C\CCCCCCCCCCCOCC(COP(=O)(O)OCC(N)C(=O)O)OC(=O)CCCCCCCCCCC/C=C\CCCCCCCCCC. The molecule has 0 aromatic heterocycles. The Kier molecular flexibility index (Phi) is 47.8. The summed E-state index contributed by atoms with van der Waals surface area (Å²) in [6, 6.07) is -1.48. The van der Waals surface area contributed by atoms with Crippen LogP contribution in [0.5, 0.6) is 0 Å². The number of phosphoric ester groups is 1. The maximum atomic E-state index is 12.7. The first-order valence-corrected chi connectivity index (χ1v) is 27.8. The highest BCUT2D eigenvalue weighted by atomic mass is 31.2. The molecule has 0 rings (SSSR count). The van der Waals surface area contributed by atoms with Gasteiger partial charge in [0.25, 0.3) is 0 Å². The first kappa shape index (κ1) is 62.7. The molecule has 0 aromatic rings. The van der Waals surface area contributed by atoms with Gasteiger partial charge in [0.1, 0.15) is 12.1 Å². The zero-order valence-corrected chi connectivity index (χ0v) is 42.5. The van der Waals surface area contributed by atoms with Crippen LogP contribution in [0, 0.1) is 0 Å². The van der Waals surface area contributed by atoms with Crippen molar-refractivity contribution < 1.29 is 42.7 Å². The van der Waals surface area contributed by atoms with E-state index in [2.05, 4.69) is 74.6 Å². The van der Waals surface area contributed by atoms with E-state index in [9.17, 15) is 19.0 Å². The molecular weight excluding hydrogens is 838 g/mol. The Morgan fingerprint density at radius 3 is 1.35 bits per heavy atom. The Hall–Kier alpha value is -2.33. The van der Waals surface area contributed by atoms with Crippen molar-refractivity contribution in [1.29, 1.82) is 0 Å². The van der Waals surface area contributed by atoms with Gasteiger partial charge in [0, 0.05) is 13.0 Å². The molecule has 3 atom stereocenters. The standard InChI is InChI=1S/C54H98NO9P/c1-3-5-7-9-11-13-15-17-19-21-23-25-27-29-31-33-35-37-39-41-43-45-47-61-48-51(49-62-65(59,60)63-50-52(55)54(57)58)64-53(56)46-44-42-40-38-36-34-32-30-28-26-24-22-20-18-16-14-12-10-8-6-4-2/h5,7,11,13,17,19,22-25,51-52H,3-4,6,8-10,12,14-16,18,20-21,26-50,55H2,1-2H3,(H,57,58)(H,59,60)/b7-5-,13-11-,19-17-,24-22-,25-23-. The molecule has 0 aliphatic heterocycles. The van der Waals surface area contributed by atoms with Gasteiger partial charge in [-0.15, -0.1) is 0 Å². The Morgan fingerprint density at radius 1 is 0.508 bits per heavy atom. The van der Waals surface area contributed by atoms with Crippen LogP contribution in [0.25, 0.3) is 0 Å². The van der Waals surface area contributed by atoms with E-state index in [1.165, 1.54) is 135 Å². The third-order valence-electron chi connectivity index (χ3n) is 11.3. The van der Waals surface area contributed by atoms with Crippen LogP contribution in [0.3, 0.4) is 0 Å². The van der Waals surface area contributed by atoms with Crippen LogP contribution in [0.15, 0.2) is 60.8 Å². The molecule has 0 saturated carbocycles. The number of nitrogens with two attached hydrogens (primary N) is 1. The fourth-order valence-corrected chi connectivity index (χ4v) is 8.02. The van der Waals surface area contributed by atoms with Crippen molar-refractivity contribution in [1.82, 2.24) is 0 Å². The number of allylic oxidation sites excluding steroid dienone is 10. The maximum absolute atomic E-state index is 12.7. The quantitative estimate of drug-likeness (QED) is 0.0232. The van der Waals surface area contributed by atoms with E-state index in [4.69, 9.17) is 29.4 Å². The fraction of sp³-hybridized carbons (Fsp3) is 0.778. The number of carboxylic acids is 1. The predicted octanol–water partition coefficient (Wildman–Crippen LogP) is 15.5. The Labute approximate surface area is 398 Å². The average molecular weight is 936 g/mol. The summed E-state index contributed by atoms with van der Waals surface area (Å²) in [6.07, 6.45) is 61.3. The summed E-state index contributed by atoms with van der Waals surface area (Å²) in [6.45, 7) is 3.78. The Morgan fingerprint density at radius 2 is 0.892 bits per heavy atom. The first-order valence-electron chi connectivity index (χ1n) is 26.3. The summed E-state index contributed by atoms with van der Waals surface area (Å²) in [7, 11) is -4.63. The largest absolute Gasteiger partial charge is 0.480 e. The number of unbranched alkanes of at least 4 members (excludes halogenated alkanes) is 26. The molecule has 3 unspecified atom stereocenters. The highest BCUT2D eigenvalue weighted by molar-refractivity contribution is 7.47. The molecule has 10 nitrogen and oxygen atoms in total. The molecule has 11 heteroatoms. The van der Waals surface area contributed by atoms with Gasteiger partial charge in [-0.1, -0.05) is 209 Å². The Balaban J connectivity index is 4.14. The second-order valence-electron chi connectivity index (χ2n) is 17.6. The van der Waals surface area contributed by atoms with Crippen molar-refractivity contribution in [3.05, 3.63) is 60.8 Å². The van der Waals surface area contributed by atoms with E-state index >= 15 is 0 Å². The van der Waals surface area contributed by atoms with Crippen molar-refractivity contribution in [2.45, 2.75) is 244 Å². The second-order valence-corrected chi connectivity index (χ2v) is 19.1. The van der Waals surface area contributed by atoms with Crippen LogP contribution in [0.2, 0.25) is 0 Å². The van der Waals surface area contributed by atoms with Crippen LogP contribution in [-0.4, -0.2) is 60.5 Å². The molecule has 0 aliphatic carbocycles. The number of ether oxygens (including phenoxy) is 2. The van der Waals surface area contributed by atoms with Crippen LogP contribution in [0.1, 0.15) is 232 Å². The lowest BCUT2D eigenvalue weighted by Crippen LogP contribution is -2.34. The molecule has 4 N–H and O–H groups in total. The molecule has 0 amide bonds. The summed E-state index contributed by atoms with van der Waals surface area (Å²) in [5, 5.41) is 8.94. The summed E-state index contributed by atoms with van der Waals surface area (Å²) in [5.41, 5.74) is 5.38. The molecule has 0 saturated heterocycles. The van der Waals surface area contributed by atoms with E-state index in [1.54, 1.807) is 0 Å². The number of aliphatic carboxylic acids is 1. The summed E-state index contributed by atoms with van der Waals surface area (Å²) in [4.78, 5) is 33.7. The van der Waals surface area contributed by atoms with Gasteiger partial charge < -0.3 is 25.2 Å². The van der Waals surface area contributed by atoms with Gasteiger partial charge in [-0.2, -0.15) is 0 Å². The highest BCUT2D eigenvalue weighted by Crippen LogP contribution is 2.43. The fourth-order valence-electron chi connectivity index (χ4n) is 7.24. The first-order chi connectivity index (χ1) is 31.7. The van der Waals surface area contributed by atoms with E-state index in [-0.39, 0.29) is 13.0 Å². The summed E-state index contributed by atoms with van der Waals surface area (Å²) >= 11 is 0. The highest BCUT2D eigenvalue weighted by Gasteiger charge is 2.27. The molecule has 0 aromatic carbocycles. The molecule has 0 radical (unpaired) electrons. The normalized spacial score (nSPS) is 14.2. The number of carbonyl (C=O) groups excluding carboxylic acids is 1. The smallest absolute Gasteiger partial charge is 0.472 e. The van der Waals surface area contributed by atoms with E-state index in [1.807, 2.05) is 0 Å². The van der Waals surface area contributed by atoms with Gasteiger partial charge in [0.2, 0.25) is 0 Å². The molecule has 0 fully saturated rings. The molecular formula is C54H98NO9P. The zero-order chi connectivity index (χ0) is 47.6. The predicted molar refractivity (Wildman–Crippen MR) is 272 cm³/mol. The van der Waals surface area contributed by atoms with Crippen LogP contribution >= 0.6 is 7.82 Å². The zero-order valence-electron chi connectivity index (χ0n) is 41.6. The number of esters is 1. The molecule has 0 aliphatic rings. The van der Waals surface area contributed by atoms with Crippen molar-refractivity contribution in [3.63, 3.8) is 0 Å². The third-order valence-corrected chi connectivity index (χ3v) is 12.2. The Bertz CT molecular complexity index is 1270. The van der Waals surface area contributed by atoms with Gasteiger partial charge in [-0.05, 0) is 77.0 Å². The second kappa shape index (κ2) is 49.6. The molecule has 0 bridgehead atoms. The van der Waals surface area contributed by atoms with Gasteiger partial charge in [-0.3, -0.25) is 18.6 Å². The topological polar surface area (TPSA) is 155 Å². The number of carboxylic acid groups (broad SMARTS) is 1. The van der Waals surface area contributed by atoms with Gasteiger partial charge in [0.15, 0.2) is 0 Å².